The van der Waals surface area contributed by atoms with E-state index in [0.29, 0.717) is 16.4 Å². The lowest BCUT2D eigenvalue weighted by Crippen LogP contribution is -2.17. The summed E-state index contributed by atoms with van der Waals surface area (Å²) in [4.78, 5) is 17.1. The number of nitrogens with zero attached hydrogens (tertiary/aromatic N) is 5. The first-order chi connectivity index (χ1) is 13.6. The lowest BCUT2D eigenvalue weighted by atomic mass is 10.2. The number of fused-ring (bicyclic) bond motifs is 1. The van der Waals surface area contributed by atoms with E-state index in [-0.39, 0.29) is 5.56 Å². The predicted molar refractivity (Wildman–Crippen MR) is 112 cm³/mol. The molecule has 6 nitrogen and oxygen atoms in total. The van der Waals surface area contributed by atoms with Crippen LogP contribution < -0.4 is 5.56 Å². The van der Waals surface area contributed by atoms with Gasteiger partial charge in [0.05, 0.1) is 5.69 Å². The molecular formula is C20H18ClN5OS. The molecule has 0 N–H and O–H groups in total. The van der Waals surface area contributed by atoms with Crippen LogP contribution in [0.2, 0.25) is 5.02 Å². The van der Waals surface area contributed by atoms with Gasteiger partial charge in [-0.1, -0.05) is 29.4 Å². The van der Waals surface area contributed by atoms with E-state index in [1.165, 1.54) is 11.8 Å². The van der Waals surface area contributed by atoms with Crippen molar-refractivity contribution in [3.63, 3.8) is 0 Å². The first-order valence-electron chi connectivity index (χ1n) is 8.87. The van der Waals surface area contributed by atoms with Gasteiger partial charge in [-0.15, -0.1) is 10.2 Å². The van der Waals surface area contributed by atoms with Crippen LogP contribution in [-0.4, -0.2) is 24.1 Å². The van der Waals surface area contributed by atoms with Gasteiger partial charge in [-0.3, -0.25) is 9.20 Å². The van der Waals surface area contributed by atoms with Crippen molar-refractivity contribution >= 4 is 29.0 Å². The van der Waals surface area contributed by atoms with Crippen LogP contribution in [0.15, 0.2) is 58.5 Å². The molecule has 8 heteroatoms. The molecule has 0 spiro atoms. The topological polar surface area (TPSA) is 65.1 Å². The molecule has 0 fully saturated rings. The summed E-state index contributed by atoms with van der Waals surface area (Å²) in [6.45, 7) is 4.68. The van der Waals surface area contributed by atoms with Crippen LogP contribution in [-0.2, 0) is 12.3 Å². The fraction of sp³-hybridized carbons (Fsp3) is 0.200. The number of halogens is 1. The highest BCUT2D eigenvalue weighted by Gasteiger charge is 2.14. The van der Waals surface area contributed by atoms with Gasteiger partial charge in [-0.05, 0) is 50.2 Å². The molecule has 4 rings (SSSR count). The van der Waals surface area contributed by atoms with Gasteiger partial charge < -0.3 is 4.57 Å². The molecule has 0 aliphatic heterocycles. The third-order valence-corrected chi connectivity index (χ3v) is 5.67. The molecule has 0 saturated heterocycles. The third-order valence-electron chi connectivity index (χ3n) is 4.42. The van der Waals surface area contributed by atoms with E-state index >= 15 is 0 Å². The van der Waals surface area contributed by atoms with Crippen molar-refractivity contribution in [3.05, 3.63) is 75.3 Å². The quantitative estimate of drug-likeness (QED) is 0.460. The first-order valence-corrected chi connectivity index (χ1v) is 10.2. The van der Waals surface area contributed by atoms with Crippen molar-refractivity contribution in [2.75, 3.05) is 0 Å². The molecule has 0 aliphatic carbocycles. The molecule has 28 heavy (non-hydrogen) atoms. The van der Waals surface area contributed by atoms with Crippen LogP contribution in [0.1, 0.15) is 18.3 Å². The Morgan fingerprint density at radius 3 is 2.64 bits per heavy atom. The largest absolute Gasteiger partial charge is 0.302 e. The Morgan fingerprint density at radius 1 is 1.11 bits per heavy atom. The van der Waals surface area contributed by atoms with Gasteiger partial charge in [-0.25, -0.2) is 4.98 Å². The van der Waals surface area contributed by atoms with Crippen LogP contribution in [0.5, 0.6) is 0 Å². The predicted octanol–water partition coefficient (Wildman–Crippen LogP) is 4.23. The van der Waals surface area contributed by atoms with Crippen molar-refractivity contribution in [2.24, 2.45) is 0 Å². The van der Waals surface area contributed by atoms with Gasteiger partial charge in [0, 0.05) is 34.6 Å². The normalized spacial score (nSPS) is 11.2. The molecule has 0 aliphatic rings. The van der Waals surface area contributed by atoms with Crippen molar-refractivity contribution in [1.29, 1.82) is 0 Å². The summed E-state index contributed by atoms with van der Waals surface area (Å²) in [5, 5.41) is 10.1. The van der Waals surface area contributed by atoms with Gasteiger partial charge in [-0.2, -0.15) is 0 Å². The summed E-state index contributed by atoms with van der Waals surface area (Å²) in [6, 6.07) is 14.8. The molecule has 3 aromatic heterocycles. The fourth-order valence-electron chi connectivity index (χ4n) is 3.07. The molecule has 4 aromatic rings. The SMILES string of the molecule is CCn1c(SCc2cc(=O)n3c(C)cccc3n2)nnc1-c1ccc(Cl)cc1. The Kier molecular flexibility index (Phi) is 5.19. The molecule has 1 aromatic carbocycles. The molecule has 0 unspecified atom stereocenters. The minimum atomic E-state index is -0.0717. The number of pyridine rings is 1. The summed E-state index contributed by atoms with van der Waals surface area (Å²) in [7, 11) is 0. The smallest absolute Gasteiger partial charge is 0.258 e. The molecule has 0 atom stereocenters. The van der Waals surface area contributed by atoms with Crippen molar-refractivity contribution in [2.45, 2.75) is 31.3 Å². The Bertz CT molecular complexity index is 1200. The monoisotopic (exact) mass is 411 g/mol. The molecule has 142 valence electrons. The highest BCUT2D eigenvalue weighted by molar-refractivity contribution is 7.98. The standard InChI is InChI=1S/C20H18ClN5OS/c1-3-25-19(14-7-9-15(21)10-8-14)23-24-20(25)28-12-16-11-18(27)26-13(2)5-4-6-17(26)22-16/h4-11H,3,12H2,1-2H3. The van der Waals surface area contributed by atoms with E-state index in [0.717, 1.165) is 34.5 Å². The Hall–Kier alpha value is -2.64. The summed E-state index contributed by atoms with van der Waals surface area (Å²) < 4.78 is 3.66. The van der Waals surface area contributed by atoms with Crippen LogP contribution in [0.4, 0.5) is 0 Å². The maximum atomic E-state index is 12.4. The molecule has 0 amide bonds. The van der Waals surface area contributed by atoms with E-state index in [1.807, 2.05) is 54.0 Å². The molecule has 0 saturated carbocycles. The summed E-state index contributed by atoms with van der Waals surface area (Å²) in [5.74, 6) is 1.34. The highest BCUT2D eigenvalue weighted by Crippen LogP contribution is 2.26. The van der Waals surface area contributed by atoms with E-state index in [4.69, 9.17) is 11.6 Å². The second kappa shape index (κ2) is 7.77. The number of benzene rings is 1. The Morgan fingerprint density at radius 2 is 1.89 bits per heavy atom. The molecule has 3 heterocycles. The van der Waals surface area contributed by atoms with Gasteiger partial charge in [0.1, 0.15) is 5.65 Å². The van der Waals surface area contributed by atoms with Gasteiger partial charge in [0.15, 0.2) is 11.0 Å². The van der Waals surface area contributed by atoms with Crippen molar-refractivity contribution in [3.8, 4) is 11.4 Å². The summed E-state index contributed by atoms with van der Waals surface area (Å²) in [6.07, 6.45) is 0. The lowest BCUT2D eigenvalue weighted by molar-refractivity contribution is 0.687. The highest BCUT2D eigenvalue weighted by atomic mass is 35.5. The minimum Gasteiger partial charge on any atom is -0.302 e. The van der Waals surface area contributed by atoms with Gasteiger partial charge in [0.2, 0.25) is 0 Å². The number of aromatic nitrogens is 5. The number of hydrogen-bond acceptors (Lipinski definition) is 5. The second-order valence-electron chi connectivity index (χ2n) is 6.29. The van der Waals surface area contributed by atoms with E-state index < -0.39 is 0 Å². The average molecular weight is 412 g/mol. The van der Waals surface area contributed by atoms with Crippen LogP contribution in [0, 0.1) is 6.92 Å². The van der Waals surface area contributed by atoms with Crippen LogP contribution in [0.25, 0.3) is 17.0 Å². The zero-order chi connectivity index (χ0) is 19.7. The second-order valence-corrected chi connectivity index (χ2v) is 7.67. The van der Waals surface area contributed by atoms with Crippen molar-refractivity contribution < 1.29 is 0 Å². The summed E-state index contributed by atoms with van der Waals surface area (Å²) >= 11 is 7.50. The molecular weight excluding hydrogens is 394 g/mol. The fourth-order valence-corrected chi connectivity index (χ4v) is 4.09. The van der Waals surface area contributed by atoms with E-state index in [1.54, 1.807) is 10.5 Å². The Labute approximate surface area is 171 Å². The number of rotatable bonds is 5. The van der Waals surface area contributed by atoms with Gasteiger partial charge in [0.25, 0.3) is 5.56 Å². The number of aryl methyl sites for hydroxylation is 1. The maximum absolute atomic E-state index is 12.4. The number of hydrogen-bond donors (Lipinski definition) is 0. The van der Waals surface area contributed by atoms with E-state index in [2.05, 4.69) is 22.1 Å². The van der Waals surface area contributed by atoms with Crippen molar-refractivity contribution in [1.82, 2.24) is 24.1 Å². The number of thioether (sulfide) groups is 1. The average Bonchev–Trinajstić information content (AvgIpc) is 3.09. The molecule has 0 bridgehead atoms. The molecule has 0 radical (unpaired) electrons. The van der Waals surface area contributed by atoms with Crippen LogP contribution in [0.3, 0.4) is 0 Å². The maximum Gasteiger partial charge on any atom is 0.258 e. The Balaban J connectivity index is 1.61. The first kappa shape index (κ1) is 18.7. The minimum absolute atomic E-state index is 0.0717. The van der Waals surface area contributed by atoms with Crippen LogP contribution >= 0.6 is 23.4 Å². The zero-order valence-electron chi connectivity index (χ0n) is 15.5. The van der Waals surface area contributed by atoms with Gasteiger partial charge >= 0.3 is 0 Å². The van der Waals surface area contributed by atoms with E-state index in [9.17, 15) is 4.79 Å². The lowest BCUT2D eigenvalue weighted by Gasteiger charge is -2.08. The zero-order valence-corrected chi connectivity index (χ0v) is 17.0. The third kappa shape index (κ3) is 3.55. The summed E-state index contributed by atoms with van der Waals surface area (Å²) in [5.41, 5.74) is 3.13.